The third-order valence-electron chi connectivity index (χ3n) is 3.70. The molecule has 0 radical (unpaired) electrons. The van der Waals surface area contributed by atoms with Crippen molar-refractivity contribution in [3.63, 3.8) is 0 Å². The molecule has 1 atom stereocenters. The quantitative estimate of drug-likeness (QED) is 0.857. The lowest BCUT2D eigenvalue weighted by molar-refractivity contribution is 0.0710. The van der Waals surface area contributed by atoms with Crippen LogP contribution in [0.1, 0.15) is 48.9 Å². The van der Waals surface area contributed by atoms with Crippen molar-refractivity contribution >= 4 is 17.5 Å². The normalized spacial score (nSPS) is 18.8. The topological polar surface area (TPSA) is 49.3 Å². The van der Waals surface area contributed by atoms with E-state index in [9.17, 15) is 4.79 Å². The Labute approximate surface area is 131 Å². The first kappa shape index (κ1) is 16.2. The van der Waals surface area contributed by atoms with Gasteiger partial charge < -0.3 is 9.80 Å². The van der Waals surface area contributed by atoms with Crippen LogP contribution in [0.15, 0.2) is 6.20 Å². The Kier molecular flexibility index (Phi) is 5.17. The lowest BCUT2D eigenvalue weighted by atomic mass is 10.2. The van der Waals surface area contributed by atoms with Crippen LogP contribution in [-0.4, -0.2) is 58.9 Å². The fourth-order valence-electron chi connectivity index (χ4n) is 2.66. The molecular formula is C15H23ClN4O. The van der Waals surface area contributed by atoms with Crippen LogP contribution < -0.4 is 0 Å². The summed E-state index contributed by atoms with van der Waals surface area (Å²) in [5.41, 5.74) is 0.334. The number of halogens is 1. The van der Waals surface area contributed by atoms with Crippen molar-refractivity contribution in [1.82, 2.24) is 19.8 Å². The van der Waals surface area contributed by atoms with Gasteiger partial charge in [-0.15, -0.1) is 0 Å². The van der Waals surface area contributed by atoms with Gasteiger partial charge in [0, 0.05) is 25.0 Å². The molecule has 0 spiro atoms. The van der Waals surface area contributed by atoms with Crippen molar-refractivity contribution in [3.8, 4) is 0 Å². The molecule has 6 heteroatoms. The highest BCUT2D eigenvalue weighted by Crippen LogP contribution is 2.24. The standard InChI is InChI=1S/C15H23ClN4O/c1-10(2)14-17-8-12(16)13(18-14)15(21)20-7-5-6-11(20)9-19(3)4/h8,10-11H,5-7,9H2,1-4H3. The Morgan fingerprint density at radius 3 is 2.86 bits per heavy atom. The molecule has 1 aliphatic rings. The summed E-state index contributed by atoms with van der Waals surface area (Å²) in [5.74, 6) is 0.754. The monoisotopic (exact) mass is 310 g/mol. The van der Waals surface area contributed by atoms with E-state index in [1.807, 2.05) is 32.8 Å². The van der Waals surface area contributed by atoms with E-state index < -0.39 is 0 Å². The lowest BCUT2D eigenvalue weighted by Gasteiger charge is -2.27. The summed E-state index contributed by atoms with van der Waals surface area (Å²) in [6, 6.07) is 0.237. The van der Waals surface area contributed by atoms with Gasteiger partial charge in [0.25, 0.3) is 5.91 Å². The molecule has 21 heavy (non-hydrogen) atoms. The molecule has 1 amide bonds. The first-order valence-electron chi connectivity index (χ1n) is 7.38. The Morgan fingerprint density at radius 1 is 1.52 bits per heavy atom. The van der Waals surface area contributed by atoms with E-state index in [0.29, 0.717) is 16.5 Å². The second-order valence-corrected chi connectivity index (χ2v) is 6.54. The maximum atomic E-state index is 12.8. The van der Waals surface area contributed by atoms with E-state index in [4.69, 9.17) is 11.6 Å². The van der Waals surface area contributed by atoms with Crippen LogP contribution in [0.2, 0.25) is 5.02 Å². The Morgan fingerprint density at radius 2 is 2.24 bits per heavy atom. The smallest absolute Gasteiger partial charge is 0.274 e. The molecule has 2 rings (SSSR count). The van der Waals surface area contributed by atoms with Crippen molar-refractivity contribution in [2.24, 2.45) is 0 Å². The van der Waals surface area contributed by atoms with E-state index in [-0.39, 0.29) is 17.9 Å². The fraction of sp³-hybridized carbons (Fsp3) is 0.667. The summed E-state index contributed by atoms with van der Waals surface area (Å²) >= 11 is 6.14. The van der Waals surface area contributed by atoms with Gasteiger partial charge in [0.05, 0.1) is 11.2 Å². The van der Waals surface area contributed by atoms with E-state index in [1.165, 1.54) is 6.20 Å². The largest absolute Gasteiger partial charge is 0.333 e. The molecule has 1 fully saturated rings. The van der Waals surface area contributed by atoms with E-state index >= 15 is 0 Å². The molecule has 1 aromatic heterocycles. The Balaban J connectivity index is 2.24. The highest BCUT2D eigenvalue weighted by atomic mass is 35.5. The molecule has 1 aromatic rings. The maximum absolute atomic E-state index is 12.8. The van der Waals surface area contributed by atoms with Crippen molar-refractivity contribution in [2.75, 3.05) is 27.2 Å². The summed E-state index contributed by atoms with van der Waals surface area (Å²) in [4.78, 5) is 25.4. The van der Waals surface area contributed by atoms with Gasteiger partial charge in [-0.2, -0.15) is 0 Å². The van der Waals surface area contributed by atoms with Crippen LogP contribution >= 0.6 is 11.6 Å². The maximum Gasteiger partial charge on any atom is 0.274 e. The van der Waals surface area contributed by atoms with Gasteiger partial charge in [-0.1, -0.05) is 25.4 Å². The Bertz CT molecular complexity index is 518. The summed E-state index contributed by atoms with van der Waals surface area (Å²) < 4.78 is 0. The molecule has 1 aliphatic heterocycles. The average molecular weight is 311 g/mol. The number of likely N-dealkylation sites (N-methyl/N-ethyl adjacent to an activating group) is 1. The van der Waals surface area contributed by atoms with Crippen LogP contribution in [0.3, 0.4) is 0 Å². The minimum atomic E-state index is -0.0753. The van der Waals surface area contributed by atoms with Gasteiger partial charge in [-0.05, 0) is 26.9 Å². The molecule has 0 N–H and O–H groups in total. The van der Waals surface area contributed by atoms with Gasteiger partial charge in [-0.3, -0.25) is 4.79 Å². The molecule has 0 saturated carbocycles. The number of hydrogen-bond acceptors (Lipinski definition) is 4. The highest BCUT2D eigenvalue weighted by molar-refractivity contribution is 6.33. The summed E-state index contributed by atoms with van der Waals surface area (Å²) in [6.45, 7) is 5.64. The van der Waals surface area contributed by atoms with Crippen LogP contribution in [0, 0.1) is 0 Å². The molecule has 0 bridgehead atoms. The van der Waals surface area contributed by atoms with Crippen LogP contribution in [0.5, 0.6) is 0 Å². The zero-order chi connectivity index (χ0) is 15.6. The van der Waals surface area contributed by atoms with E-state index in [2.05, 4.69) is 14.9 Å². The van der Waals surface area contributed by atoms with Gasteiger partial charge >= 0.3 is 0 Å². The minimum absolute atomic E-state index is 0.0753. The summed E-state index contributed by atoms with van der Waals surface area (Å²) in [6.07, 6.45) is 3.60. The zero-order valence-corrected chi connectivity index (χ0v) is 13.9. The van der Waals surface area contributed by atoms with E-state index in [1.54, 1.807) is 0 Å². The predicted octanol–water partition coefficient (Wildman–Crippen LogP) is 2.42. The van der Waals surface area contributed by atoms with Gasteiger partial charge in [0.15, 0.2) is 5.69 Å². The van der Waals surface area contributed by atoms with Crippen molar-refractivity contribution < 1.29 is 4.79 Å². The molecule has 116 valence electrons. The Hall–Kier alpha value is -1.20. The number of carbonyl (C=O) groups is 1. The fourth-order valence-corrected chi connectivity index (χ4v) is 2.83. The molecule has 1 saturated heterocycles. The van der Waals surface area contributed by atoms with Crippen LogP contribution in [-0.2, 0) is 0 Å². The summed E-state index contributed by atoms with van der Waals surface area (Å²) in [5, 5.41) is 0.333. The molecule has 5 nitrogen and oxygen atoms in total. The molecule has 0 aliphatic carbocycles. The second-order valence-electron chi connectivity index (χ2n) is 6.14. The number of rotatable bonds is 4. The second kappa shape index (κ2) is 6.71. The number of hydrogen-bond donors (Lipinski definition) is 0. The van der Waals surface area contributed by atoms with Crippen molar-refractivity contribution in [2.45, 2.75) is 38.6 Å². The van der Waals surface area contributed by atoms with Crippen LogP contribution in [0.25, 0.3) is 0 Å². The van der Waals surface area contributed by atoms with Gasteiger partial charge in [-0.25, -0.2) is 9.97 Å². The minimum Gasteiger partial charge on any atom is -0.333 e. The number of likely N-dealkylation sites (tertiary alicyclic amines) is 1. The van der Waals surface area contributed by atoms with Crippen LogP contribution in [0.4, 0.5) is 0 Å². The number of amides is 1. The van der Waals surface area contributed by atoms with E-state index in [0.717, 1.165) is 25.9 Å². The lowest BCUT2D eigenvalue weighted by Crippen LogP contribution is -2.41. The zero-order valence-electron chi connectivity index (χ0n) is 13.1. The predicted molar refractivity (Wildman–Crippen MR) is 83.7 cm³/mol. The molecular weight excluding hydrogens is 288 g/mol. The third kappa shape index (κ3) is 3.71. The first-order valence-corrected chi connectivity index (χ1v) is 7.76. The number of carbonyl (C=O) groups excluding carboxylic acids is 1. The molecule has 1 unspecified atom stereocenters. The molecule has 2 heterocycles. The highest BCUT2D eigenvalue weighted by Gasteiger charge is 2.31. The number of nitrogens with zero attached hydrogens (tertiary/aromatic N) is 4. The van der Waals surface area contributed by atoms with Crippen molar-refractivity contribution in [3.05, 3.63) is 22.7 Å². The third-order valence-corrected chi connectivity index (χ3v) is 3.97. The van der Waals surface area contributed by atoms with Gasteiger partial charge in [0.2, 0.25) is 0 Å². The molecule has 0 aromatic carbocycles. The average Bonchev–Trinajstić information content (AvgIpc) is 2.85. The first-order chi connectivity index (χ1) is 9.90. The van der Waals surface area contributed by atoms with Crippen molar-refractivity contribution in [1.29, 1.82) is 0 Å². The SMILES string of the molecule is CC(C)c1ncc(Cl)c(C(=O)N2CCCC2CN(C)C)n1. The van der Waals surface area contributed by atoms with Gasteiger partial charge in [0.1, 0.15) is 5.82 Å². The summed E-state index contributed by atoms with van der Waals surface area (Å²) in [7, 11) is 4.05. The number of aromatic nitrogens is 2.